The Hall–Kier alpha value is -9.12. The molecule has 0 saturated carbocycles. The number of para-hydroxylation sites is 1. The average Bonchev–Trinajstić information content (AvgIpc) is 3.87. The molecule has 2 aliphatic heterocycles. The first kappa shape index (κ1) is 43.7. The number of ether oxygens (including phenoxy) is 1. The van der Waals surface area contributed by atoms with Gasteiger partial charge in [0.25, 0.3) is 0 Å². The lowest BCUT2D eigenvalue weighted by Gasteiger charge is -2.32. The Labute approximate surface area is 433 Å². The van der Waals surface area contributed by atoms with Crippen LogP contribution in [0.5, 0.6) is 11.5 Å². The zero-order valence-electron chi connectivity index (χ0n) is 41.1. The van der Waals surface area contributed by atoms with Crippen LogP contribution in [0.2, 0.25) is 0 Å². The maximum Gasteiger partial charge on any atom is 0.159 e. The molecule has 0 saturated heterocycles. The average molecular weight is 952 g/mol. The van der Waals surface area contributed by atoms with Crippen molar-refractivity contribution in [3.05, 3.63) is 277 Å². The molecule has 0 aromatic heterocycles. The number of hydrogen-bond donors (Lipinski definition) is 1. The van der Waals surface area contributed by atoms with Crippen LogP contribution in [-0.4, -0.2) is 0 Å². The van der Waals surface area contributed by atoms with Crippen LogP contribution in [0, 0.1) is 0 Å². The summed E-state index contributed by atoms with van der Waals surface area (Å²) in [5.41, 5.74) is 22.5. The maximum atomic E-state index is 7.30. The summed E-state index contributed by atoms with van der Waals surface area (Å²) in [6.45, 7) is 0. The fraction of sp³-hybridized carbons (Fsp3) is 0.0857. The van der Waals surface area contributed by atoms with Crippen LogP contribution in [0.15, 0.2) is 254 Å². The highest BCUT2D eigenvalue weighted by molar-refractivity contribution is 6.09. The highest BCUT2D eigenvalue weighted by Gasteiger charge is 2.31. The minimum atomic E-state index is 0.342. The minimum absolute atomic E-state index is 0.342. The molecule has 0 fully saturated rings. The molecular formula is C70H53N3O. The third-order valence-corrected chi connectivity index (χ3v) is 15.5. The second kappa shape index (κ2) is 18.5. The summed E-state index contributed by atoms with van der Waals surface area (Å²) in [5.74, 6) is 2.02. The summed E-state index contributed by atoms with van der Waals surface area (Å²) in [4.78, 5) is 4.75. The first-order valence-corrected chi connectivity index (χ1v) is 26.1. The van der Waals surface area contributed by atoms with Gasteiger partial charge < -0.3 is 19.9 Å². The predicted molar refractivity (Wildman–Crippen MR) is 310 cm³/mol. The molecule has 9 aromatic carbocycles. The Balaban J connectivity index is 0.875. The molecule has 4 nitrogen and oxygen atoms in total. The molecule has 0 radical (unpaired) electrons. The van der Waals surface area contributed by atoms with Crippen LogP contribution in [0.3, 0.4) is 0 Å². The van der Waals surface area contributed by atoms with Crippen LogP contribution in [0.4, 0.5) is 39.8 Å². The van der Waals surface area contributed by atoms with Gasteiger partial charge in [-0.1, -0.05) is 170 Å². The third-order valence-electron chi connectivity index (χ3n) is 15.5. The van der Waals surface area contributed by atoms with E-state index in [0.717, 1.165) is 99.6 Å². The summed E-state index contributed by atoms with van der Waals surface area (Å²) in [6.07, 6.45) is 23.2. The van der Waals surface area contributed by atoms with Gasteiger partial charge in [-0.3, -0.25) is 0 Å². The van der Waals surface area contributed by atoms with Gasteiger partial charge in [0.05, 0.1) is 5.69 Å². The molecule has 5 aliphatic rings. The van der Waals surface area contributed by atoms with Crippen molar-refractivity contribution in [3.8, 4) is 33.8 Å². The molecule has 1 unspecified atom stereocenters. The summed E-state index contributed by atoms with van der Waals surface area (Å²) < 4.78 is 7.30. The predicted octanol–water partition coefficient (Wildman–Crippen LogP) is 19.6. The third kappa shape index (κ3) is 7.78. The van der Waals surface area contributed by atoms with E-state index in [2.05, 4.69) is 264 Å². The first-order valence-electron chi connectivity index (χ1n) is 26.1. The number of allylic oxidation sites excluding steroid dienone is 12. The van der Waals surface area contributed by atoms with Crippen molar-refractivity contribution in [1.82, 2.24) is 0 Å². The van der Waals surface area contributed by atoms with Crippen molar-refractivity contribution < 1.29 is 4.74 Å². The SMILES string of the molecule is C1=CCCC(c2ccc(N(c3ccc(-c4ccccc4)cc3)c3ccc4c(c3)-c3cccc5ccc(N(c6ccc(C7=CC=CCC7)cc6)c6ccc(C7=C8Nc9ccccc9C8CC=C7)cc6)c(c35)O4)cc2)=C1. The maximum absolute atomic E-state index is 7.30. The standard InChI is InChI=1S/C70H53N3O/c1-4-14-47(15-5-1)50-26-35-55(36-27-50)72(56-37-28-51(29-38-56)48-16-6-2-7-17-48)59-43-45-67-64(46-59)62-23-12-20-54-34-44-66(70(74-67)68(54)62)73(57-39-30-52(31-40-57)49-18-8-3-9-19-49)58-41-32-53(33-42-58)60-22-13-24-63-61-21-10-11-25-65(61)71-69(60)63/h1-6,8,10-16,18,20-23,25-46,63,71H,7,9,17,19,24H2. The fourth-order valence-electron chi connectivity index (χ4n) is 11.8. The summed E-state index contributed by atoms with van der Waals surface area (Å²) in [5, 5.41) is 6.02. The van der Waals surface area contributed by atoms with E-state index in [9.17, 15) is 0 Å². The van der Waals surface area contributed by atoms with Gasteiger partial charge in [0.1, 0.15) is 5.75 Å². The van der Waals surface area contributed by atoms with Crippen LogP contribution in [0.25, 0.3) is 49.7 Å². The zero-order valence-corrected chi connectivity index (χ0v) is 41.1. The molecule has 0 spiro atoms. The van der Waals surface area contributed by atoms with Crippen LogP contribution < -0.4 is 19.9 Å². The van der Waals surface area contributed by atoms with Crippen molar-refractivity contribution in [1.29, 1.82) is 0 Å². The van der Waals surface area contributed by atoms with E-state index >= 15 is 0 Å². The molecule has 3 aliphatic carbocycles. The molecule has 9 aromatic rings. The molecule has 2 heterocycles. The highest BCUT2D eigenvalue weighted by Crippen LogP contribution is 2.55. The number of fused-ring (bicyclic) bond motifs is 5. The summed E-state index contributed by atoms with van der Waals surface area (Å²) in [6, 6.07) is 73.4. The van der Waals surface area contributed by atoms with Gasteiger partial charge in [-0.2, -0.15) is 0 Å². The second-order valence-corrected chi connectivity index (χ2v) is 19.9. The molecule has 1 N–H and O–H groups in total. The van der Waals surface area contributed by atoms with Crippen molar-refractivity contribution in [3.63, 3.8) is 0 Å². The molecule has 354 valence electrons. The Bertz CT molecular complexity index is 3840. The van der Waals surface area contributed by atoms with Gasteiger partial charge in [-0.05, 0) is 166 Å². The lowest BCUT2D eigenvalue weighted by molar-refractivity contribution is 0.488. The van der Waals surface area contributed by atoms with E-state index in [-0.39, 0.29) is 0 Å². The van der Waals surface area contributed by atoms with Crippen molar-refractivity contribution in [2.45, 2.75) is 38.0 Å². The van der Waals surface area contributed by atoms with Gasteiger partial charge in [0.15, 0.2) is 5.75 Å². The van der Waals surface area contributed by atoms with Crippen molar-refractivity contribution >= 4 is 67.3 Å². The Kier molecular flexibility index (Phi) is 10.9. The molecule has 0 amide bonds. The number of anilines is 7. The summed E-state index contributed by atoms with van der Waals surface area (Å²) >= 11 is 0. The Morgan fingerprint density at radius 2 is 1.05 bits per heavy atom. The molecule has 14 rings (SSSR count). The lowest BCUT2D eigenvalue weighted by Crippen LogP contribution is -2.13. The van der Waals surface area contributed by atoms with Crippen LogP contribution in [-0.2, 0) is 0 Å². The Morgan fingerprint density at radius 1 is 0.459 bits per heavy atom. The largest absolute Gasteiger partial charge is 0.454 e. The van der Waals surface area contributed by atoms with Gasteiger partial charge in [0, 0.05) is 62.3 Å². The molecule has 4 heteroatoms. The normalized spacial score (nSPS) is 15.9. The van der Waals surface area contributed by atoms with E-state index in [4.69, 9.17) is 4.74 Å². The van der Waals surface area contributed by atoms with Crippen molar-refractivity contribution in [2.24, 2.45) is 0 Å². The van der Waals surface area contributed by atoms with Gasteiger partial charge in [0.2, 0.25) is 0 Å². The first-order chi connectivity index (χ1) is 36.7. The van der Waals surface area contributed by atoms with Gasteiger partial charge in [-0.15, -0.1) is 0 Å². The summed E-state index contributed by atoms with van der Waals surface area (Å²) in [7, 11) is 0. The number of hydrogen-bond acceptors (Lipinski definition) is 4. The van der Waals surface area contributed by atoms with Crippen LogP contribution >= 0.6 is 0 Å². The quantitative estimate of drug-likeness (QED) is 0.148. The smallest absolute Gasteiger partial charge is 0.159 e. The van der Waals surface area contributed by atoms with E-state index in [1.54, 1.807) is 0 Å². The number of benzene rings is 9. The van der Waals surface area contributed by atoms with E-state index in [1.165, 1.54) is 61.5 Å². The minimum Gasteiger partial charge on any atom is -0.454 e. The molecule has 0 bridgehead atoms. The fourth-order valence-corrected chi connectivity index (χ4v) is 11.8. The monoisotopic (exact) mass is 951 g/mol. The number of rotatable bonds is 10. The Morgan fingerprint density at radius 3 is 1.72 bits per heavy atom. The zero-order chi connectivity index (χ0) is 49.0. The molecule has 74 heavy (non-hydrogen) atoms. The van der Waals surface area contributed by atoms with Gasteiger partial charge in [-0.25, -0.2) is 0 Å². The van der Waals surface area contributed by atoms with E-state index in [1.807, 2.05) is 0 Å². The molecular weight excluding hydrogens is 899 g/mol. The van der Waals surface area contributed by atoms with Crippen LogP contribution in [0.1, 0.15) is 60.3 Å². The van der Waals surface area contributed by atoms with E-state index < -0.39 is 0 Å². The van der Waals surface area contributed by atoms with Crippen molar-refractivity contribution in [2.75, 3.05) is 15.1 Å². The lowest BCUT2D eigenvalue weighted by atomic mass is 9.86. The second-order valence-electron chi connectivity index (χ2n) is 19.9. The highest BCUT2D eigenvalue weighted by atomic mass is 16.5. The van der Waals surface area contributed by atoms with E-state index in [0.29, 0.717) is 5.92 Å². The number of nitrogens with one attached hydrogen (secondary N) is 1. The van der Waals surface area contributed by atoms with Gasteiger partial charge >= 0.3 is 0 Å². The number of nitrogens with zero attached hydrogens (tertiary/aromatic N) is 2. The molecule has 1 atom stereocenters. The topological polar surface area (TPSA) is 27.7 Å².